The average Bonchev–Trinajstić information content (AvgIpc) is 2.53. The van der Waals surface area contributed by atoms with Crippen molar-refractivity contribution < 1.29 is 9.18 Å². The highest BCUT2D eigenvalue weighted by Gasteiger charge is 2.41. The van der Waals surface area contributed by atoms with Gasteiger partial charge in [0.2, 0.25) is 5.78 Å². The van der Waals surface area contributed by atoms with Gasteiger partial charge in [0.15, 0.2) is 5.67 Å². The zero-order valence-electron chi connectivity index (χ0n) is 11.8. The van der Waals surface area contributed by atoms with Crippen LogP contribution in [0.4, 0.5) is 4.39 Å². The second-order valence-electron chi connectivity index (χ2n) is 5.47. The summed E-state index contributed by atoms with van der Waals surface area (Å²) < 4.78 is 14.9. The van der Waals surface area contributed by atoms with Gasteiger partial charge in [0.1, 0.15) is 0 Å². The van der Waals surface area contributed by atoms with Crippen molar-refractivity contribution in [2.45, 2.75) is 24.9 Å². The Morgan fingerprint density at radius 2 is 1.76 bits per heavy atom. The van der Waals surface area contributed by atoms with Gasteiger partial charge in [-0.1, -0.05) is 66.7 Å². The number of aryl methyl sites for hydroxylation is 1. The SMILES string of the molecule is O=C1c2ccccc2CC[C@]1(F)C/C=C/c1ccccc1. The van der Waals surface area contributed by atoms with Crippen LogP contribution in [0.5, 0.6) is 0 Å². The topological polar surface area (TPSA) is 17.1 Å². The van der Waals surface area contributed by atoms with E-state index in [0.717, 1.165) is 11.1 Å². The Bertz CT molecular complexity index is 675. The van der Waals surface area contributed by atoms with Crippen LogP contribution in [0.2, 0.25) is 0 Å². The summed E-state index contributed by atoms with van der Waals surface area (Å²) in [6.07, 6.45) is 4.66. The van der Waals surface area contributed by atoms with Crippen LogP contribution in [0, 0.1) is 0 Å². The third kappa shape index (κ3) is 2.80. The average molecular weight is 280 g/mol. The standard InChI is InChI=1S/C19H17FO/c20-19(13-6-9-15-7-2-1-3-8-15)14-12-16-10-4-5-11-17(16)18(19)21/h1-11H,12-14H2/b9-6+/t19-/m1/s1. The molecule has 1 aliphatic carbocycles. The van der Waals surface area contributed by atoms with Crippen LogP contribution in [-0.2, 0) is 6.42 Å². The zero-order valence-corrected chi connectivity index (χ0v) is 11.8. The number of allylic oxidation sites excluding steroid dienone is 1. The fourth-order valence-electron chi connectivity index (χ4n) is 2.79. The molecule has 0 radical (unpaired) electrons. The number of alkyl halides is 1. The van der Waals surface area contributed by atoms with E-state index in [-0.39, 0.29) is 18.6 Å². The number of ketones is 1. The maximum Gasteiger partial charge on any atom is 0.200 e. The van der Waals surface area contributed by atoms with Gasteiger partial charge in [-0.15, -0.1) is 0 Å². The molecule has 2 aromatic rings. The van der Waals surface area contributed by atoms with E-state index >= 15 is 0 Å². The number of carbonyl (C=O) groups excluding carboxylic acids is 1. The third-order valence-electron chi connectivity index (χ3n) is 4.01. The van der Waals surface area contributed by atoms with E-state index in [0.29, 0.717) is 12.0 Å². The monoisotopic (exact) mass is 280 g/mol. The minimum atomic E-state index is -1.76. The molecule has 0 heterocycles. The first kappa shape index (κ1) is 13.7. The molecule has 1 atom stereocenters. The maximum absolute atomic E-state index is 14.9. The van der Waals surface area contributed by atoms with Crippen molar-refractivity contribution in [3.8, 4) is 0 Å². The summed E-state index contributed by atoms with van der Waals surface area (Å²) in [6.45, 7) is 0. The van der Waals surface area contributed by atoms with E-state index < -0.39 is 5.67 Å². The van der Waals surface area contributed by atoms with Gasteiger partial charge in [-0.05, 0) is 24.0 Å². The summed E-state index contributed by atoms with van der Waals surface area (Å²) >= 11 is 0. The van der Waals surface area contributed by atoms with Crippen LogP contribution in [0.25, 0.3) is 6.08 Å². The molecule has 0 spiro atoms. The summed E-state index contributed by atoms with van der Waals surface area (Å²) in [6, 6.07) is 17.1. The molecule has 1 nitrogen and oxygen atoms in total. The number of halogens is 1. The van der Waals surface area contributed by atoms with Crippen LogP contribution >= 0.6 is 0 Å². The fourth-order valence-corrected chi connectivity index (χ4v) is 2.79. The van der Waals surface area contributed by atoms with Gasteiger partial charge in [0, 0.05) is 12.0 Å². The molecule has 0 saturated carbocycles. The van der Waals surface area contributed by atoms with E-state index in [4.69, 9.17) is 0 Å². The lowest BCUT2D eigenvalue weighted by Crippen LogP contribution is -2.38. The molecule has 0 fully saturated rings. The van der Waals surface area contributed by atoms with Crippen molar-refractivity contribution in [3.63, 3.8) is 0 Å². The van der Waals surface area contributed by atoms with E-state index in [1.165, 1.54) is 0 Å². The van der Waals surface area contributed by atoms with Crippen LogP contribution in [0.1, 0.15) is 34.3 Å². The van der Waals surface area contributed by atoms with Crippen molar-refractivity contribution in [1.29, 1.82) is 0 Å². The van der Waals surface area contributed by atoms with Gasteiger partial charge in [-0.3, -0.25) is 4.79 Å². The molecule has 0 aliphatic heterocycles. The zero-order chi connectivity index (χ0) is 14.7. The van der Waals surface area contributed by atoms with Gasteiger partial charge in [-0.25, -0.2) is 4.39 Å². The molecular weight excluding hydrogens is 263 g/mol. The predicted molar refractivity (Wildman–Crippen MR) is 83.0 cm³/mol. The van der Waals surface area contributed by atoms with E-state index in [1.807, 2.05) is 48.5 Å². The second-order valence-corrected chi connectivity index (χ2v) is 5.47. The van der Waals surface area contributed by atoms with Gasteiger partial charge >= 0.3 is 0 Å². The van der Waals surface area contributed by atoms with E-state index in [2.05, 4.69) is 0 Å². The van der Waals surface area contributed by atoms with Gasteiger partial charge in [0.05, 0.1) is 0 Å². The molecule has 2 aromatic carbocycles. The third-order valence-corrected chi connectivity index (χ3v) is 4.01. The molecule has 0 N–H and O–H groups in total. The van der Waals surface area contributed by atoms with Crippen LogP contribution in [0.15, 0.2) is 60.7 Å². The van der Waals surface area contributed by atoms with E-state index in [9.17, 15) is 9.18 Å². The first-order chi connectivity index (χ1) is 10.2. The molecule has 3 rings (SSSR count). The molecule has 0 bridgehead atoms. The van der Waals surface area contributed by atoms with Crippen LogP contribution < -0.4 is 0 Å². The minimum Gasteiger partial charge on any atom is -0.291 e. The van der Waals surface area contributed by atoms with Gasteiger partial charge in [-0.2, -0.15) is 0 Å². The fraction of sp³-hybridized carbons (Fsp3) is 0.211. The Kier molecular flexibility index (Phi) is 3.70. The molecule has 0 saturated heterocycles. The lowest BCUT2D eigenvalue weighted by Gasteiger charge is -2.28. The highest BCUT2D eigenvalue weighted by Crippen LogP contribution is 2.34. The van der Waals surface area contributed by atoms with Crippen molar-refractivity contribution >= 4 is 11.9 Å². The highest BCUT2D eigenvalue weighted by molar-refractivity contribution is 6.04. The second kappa shape index (κ2) is 5.65. The molecule has 21 heavy (non-hydrogen) atoms. The Morgan fingerprint density at radius 3 is 2.57 bits per heavy atom. The predicted octanol–water partition coefficient (Wildman–Crippen LogP) is 4.63. The van der Waals surface area contributed by atoms with E-state index in [1.54, 1.807) is 18.2 Å². The number of fused-ring (bicyclic) bond motifs is 1. The Labute approximate surface area is 124 Å². The molecule has 0 aromatic heterocycles. The Morgan fingerprint density at radius 1 is 1.05 bits per heavy atom. The molecular formula is C19H17FO. The van der Waals surface area contributed by atoms with Crippen LogP contribution in [0.3, 0.4) is 0 Å². The number of rotatable bonds is 3. The van der Waals surface area contributed by atoms with Crippen molar-refractivity contribution in [3.05, 3.63) is 77.4 Å². The smallest absolute Gasteiger partial charge is 0.200 e. The summed E-state index contributed by atoms with van der Waals surface area (Å²) in [4.78, 5) is 12.4. The largest absolute Gasteiger partial charge is 0.291 e. The number of hydrogen-bond acceptors (Lipinski definition) is 1. The number of hydrogen-bond donors (Lipinski definition) is 0. The Balaban J connectivity index is 1.77. The summed E-state index contributed by atoms with van der Waals surface area (Å²) in [5.74, 6) is -0.373. The lowest BCUT2D eigenvalue weighted by atomic mass is 9.78. The van der Waals surface area contributed by atoms with Gasteiger partial charge < -0.3 is 0 Å². The molecule has 2 heteroatoms. The molecule has 0 unspecified atom stereocenters. The number of benzene rings is 2. The molecule has 106 valence electrons. The number of Topliss-reactive ketones (excluding diaryl/α,β-unsaturated/α-hetero) is 1. The Hall–Kier alpha value is -2.22. The lowest BCUT2D eigenvalue weighted by molar-refractivity contribution is 0.0645. The molecule has 1 aliphatic rings. The molecule has 0 amide bonds. The minimum absolute atomic E-state index is 0.134. The first-order valence-electron chi connectivity index (χ1n) is 7.22. The summed E-state index contributed by atoms with van der Waals surface area (Å²) in [7, 11) is 0. The normalized spacial score (nSPS) is 21.5. The van der Waals surface area contributed by atoms with Crippen molar-refractivity contribution in [2.24, 2.45) is 0 Å². The van der Waals surface area contributed by atoms with Crippen molar-refractivity contribution in [2.75, 3.05) is 0 Å². The van der Waals surface area contributed by atoms with Crippen molar-refractivity contribution in [1.82, 2.24) is 0 Å². The number of carbonyl (C=O) groups is 1. The van der Waals surface area contributed by atoms with Crippen LogP contribution in [-0.4, -0.2) is 11.5 Å². The maximum atomic E-state index is 14.9. The summed E-state index contributed by atoms with van der Waals surface area (Å²) in [5.41, 5.74) is 0.756. The highest BCUT2D eigenvalue weighted by atomic mass is 19.1. The van der Waals surface area contributed by atoms with Gasteiger partial charge in [0.25, 0.3) is 0 Å². The first-order valence-corrected chi connectivity index (χ1v) is 7.22. The summed E-state index contributed by atoms with van der Waals surface area (Å²) in [5, 5.41) is 0. The quantitative estimate of drug-likeness (QED) is 0.801.